The average Bonchev–Trinajstić information content (AvgIpc) is 2.49. The number of allylic oxidation sites excluding steroid dienone is 1. The number of aliphatic hydroxyl groups excluding tert-OH is 1. The van der Waals surface area contributed by atoms with Gasteiger partial charge in [0.05, 0.1) is 13.7 Å². The van der Waals surface area contributed by atoms with Gasteiger partial charge in [-0.1, -0.05) is 6.08 Å². The van der Waals surface area contributed by atoms with E-state index in [0.717, 1.165) is 13.2 Å². The van der Waals surface area contributed by atoms with E-state index in [4.69, 9.17) is 14.6 Å². The maximum Gasteiger partial charge on any atom is 0.420 e. The molecule has 0 radical (unpaired) electrons. The summed E-state index contributed by atoms with van der Waals surface area (Å²) in [5, 5.41) is 8.70. The van der Waals surface area contributed by atoms with Crippen molar-refractivity contribution < 1.29 is 38.1 Å². The molecule has 8 nitrogen and oxygen atoms in total. The van der Waals surface area contributed by atoms with Crippen molar-refractivity contribution >= 4 is 18.2 Å². The molecule has 0 aliphatic heterocycles. The van der Waals surface area contributed by atoms with Crippen LogP contribution >= 0.6 is 0 Å². The molecule has 0 fully saturated rings. The lowest BCUT2D eigenvalue weighted by Crippen LogP contribution is -2.52. The van der Waals surface area contributed by atoms with E-state index < -0.39 is 47.8 Å². The van der Waals surface area contributed by atoms with Gasteiger partial charge >= 0.3 is 18.2 Å². The number of halogens is 1. The van der Waals surface area contributed by atoms with Crippen LogP contribution in [0.2, 0.25) is 0 Å². The molecule has 0 aliphatic carbocycles. The number of hydrogen-bond acceptors (Lipinski definition) is 7. The minimum absolute atomic E-state index is 0.0335. The van der Waals surface area contributed by atoms with Crippen molar-refractivity contribution in [1.82, 2.24) is 4.90 Å². The van der Waals surface area contributed by atoms with E-state index in [0.29, 0.717) is 4.90 Å². The molecule has 1 N–H and O–H groups in total. The third-order valence-corrected chi connectivity index (χ3v) is 2.92. The Kier molecular flexibility index (Phi) is 9.43. The number of carbonyl (C=O) groups is 3. The topological polar surface area (TPSA) is 102 Å². The summed E-state index contributed by atoms with van der Waals surface area (Å²) in [4.78, 5) is 37.9. The lowest BCUT2D eigenvalue weighted by Gasteiger charge is -2.32. The molecule has 2 amide bonds. The number of rotatable bonds is 6. The smallest absolute Gasteiger partial charge is 0.420 e. The van der Waals surface area contributed by atoms with E-state index in [1.807, 2.05) is 0 Å². The molecule has 156 valence electrons. The third kappa shape index (κ3) is 9.93. The normalized spacial score (nSPS) is 13.6. The monoisotopic (exact) mass is 391 g/mol. The molecule has 9 heteroatoms. The van der Waals surface area contributed by atoms with Crippen molar-refractivity contribution in [3.63, 3.8) is 0 Å². The summed E-state index contributed by atoms with van der Waals surface area (Å²) in [6.45, 7) is 8.82. The number of ether oxygens (including phenoxy) is 3. The van der Waals surface area contributed by atoms with E-state index in [1.165, 1.54) is 0 Å². The second-order valence-corrected chi connectivity index (χ2v) is 7.76. The van der Waals surface area contributed by atoms with Gasteiger partial charge in [0, 0.05) is 0 Å². The first-order chi connectivity index (χ1) is 12.2. The zero-order valence-electron chi connectivity index (χ0n) is 17.0. The highest BCUT2D eigenvalue weighted by Gasteiger charge is 2.40. The molecule has 27 heavy (non-hydrogen) atoms. The molecule has 1 atom stereocenters. The molecule has 0 heterocycles. The van der Waals surface area contributed by atoms with Gasteiger partial charge in [0.15, 0.2) is 0 Å². The molecule has 0 saturated heterocycles. The standard InChI is InChI=1S/C18H30FNO7/c1-17(2,3)26-15(23)20(16(24)27-18(4,5)6)13(14(22)25-7)10-8-9-12(19)11-21/h9,13,21H,8,10-11H2,1-7H3/b12-9+/t13-/m1/s1. The van der Waals surface area contributed by atoms with Gasteiger partial charge in [-0.15, -0.1) is 0 Å². The van der Waals surface area contributed by atoms with Gasteiger partial charge in [-0.2, -0.15) is 4.90 Å². The summed E-state index contributed by atoms with van der Waals surface area (Å²) in [5.74, 6) is -1.68. The minimum atomic E-state index is -1.39. The molecule has 0 aromatic carbocycles. The van der Waals surface area contributed by atoms with Crippen molar-refractivity contribution in [3.8, 4) is 0 Å². The molecule has 0 bridgehead atoms. The van der Waals surface area contributed by atoms with Crippen LogP contribution in [0.1, 0.15) is 54.4 Å². The summed E-state index contributed by atoms with van der Waals surface area (Å²) < 4.78 is 28.2. The maximum atomic E-state index is 13.1. The molecule has 0 spiro atoms. The van der Waals surface area contributed by atoms with Gasteiger partial charge in [-0.05, 0) is 54.4 Å². The summed E-state index contributed by atoms with van der Waals surface area (Å²) in [5.41, 5.74) is -1.86. The van der Waals surface area contributed by atoms with Gasteiger partial charge in [-0.25, -0.2) is 18.8 Å². The first kappa shape index (κ1) is 24.8. The SMILES string of the molecule is COC(=O)[C@@H](CC/C=C(/F)CO)N(C(=O)OC(C)(C)C)C(=O)OC(C)(C)C. The number of aliphatic hydroxyl groups is 1. The Morgan fingerprint density at radius 3 is 1.81 bits per heavy atom. The van der Waals surface area contributed by atoms with Gasteiger partial charge in [0.2, 0.25) is 0 Å². The van der Waals surface area contributed by atoms with Crippen LogP contribution in [0.3, 0.4) is 0 Å². The van der Waals surface area contributed by atoms with Crippen LogP contribution in [0.5, 0.6) is 0 Å². The van der Waals surface area contributed by atoms with E-state index in [9.17, 15) is 18.8 Å². The van der Waals surface area contributed by atoms with Crippen molar-refractivity contribution in [2.45, 2.75) is 71.6 Å². The highest BCUT2D eigenvalue weighted by atomic mass is 19.1. The molecule has 0 unspecified atom stereocenters. The number of amides is 2. The molecule has 0 aromatic rings. The van der Waals surface area contributed by atoms with Crippen molar-refractivity contribution in [3.05, 3.63) is 11.9 Å². The second kappa shape index (κ2) is 10.2. The molecular formula is C18H30FNO7. The first-order valence-electron chi connectivity index (χ1n) is 8.50. The highest BCUT2D eigenvalue weighted by Crippen LogP contribution is 2.20. The van der Waals surface area contributed by atoms with Crippen molar-refractivity contribution in [2.24, 2.45) is 0 Å². The van der Waals surface area contributed by atoms with Crippen molar-refractivity contribution in [2.75, 3.05) is 13.7 Å². The zero-order chi connectivity index (χ0) is 21.4. The number of carbonyl (C=O) groups excluding carboxylic acids is 3. The van der Waals surface area contributed by atoms with Crippen LogP contribution in [0.15, 0.2) is 11.9 Å². The van der Waals surface area contributed by atoms with Gasteiger partial charge in [0.1, 0.15) is 23.1 Å². The number of imide groups is 1. The third-order valence-electron chi connectivity index (χ3n) is 2.92. The van der Waals surface area contributed by atoms with Crippen LogP contribution < -0.4 is 0 Å². The summed E-state index contributed by atoms with van der Waals surface area (Å²) in [6.07, 6.45) is -1.29. The molecular weight excluding hydrogens is 361 g/mol. The highest BCUT2D eigenvalue weighted by molar-refractivity contribution is 5.94. The van der Waals surface area contributed by atoms with Crippen LogP contribution in [0.25, 0.3) is 0 Å². The number of methoxy groups -OCH3 is 1. The van der Waals surface area contributed by atoms with Crippen LogP contribution in [-0.4, -0.2) is 59.1 Å². The van der Waals surface area contributed by atoms with Crippen molar-refractivity contribution in [1.29, 1.82) is 0 Å². The fraction of sp³-hybridized carbons (Fsp3) is 0.722. The van der Waals surface area contributed by atoms with Gasteiger partial charge in [-0.3, -0.25) is 0 Å². The van der Waals surface area contributed by atoms with Crippen LogP contribution in [-0.2, 0) is 19.0 Å². The minimum Gasteiger partial charge on any atom is -0.467 e. The predicted molar refractivity (Wildman–Crippen MR) is 95.6 cm³/mol. The Hall–Kier alpha value is -2.16. The van der Waals surface area contributed by atoms with Gasteiger partial charge in [0.25, 0.3) is 0 Å². The molecule has 0 saturated carbocycles. The molecule has 0 aliphatic rings. The lowest BCUT2D eigenvalue weighted by atomic mass is 10.1. The maximum absolute atomic E-state index is 13.1. The Balaban J connectivity index is 5.77. The quantitative estimate of drug-likeness (QED) is 0.547. The Bertz CT molecular complexity index is 533. The lowest BCUT2D eigenvalue weighted by molar-refractivity contribution is -0.146. The zero-order valence-corrected chi connectivity index (χ0v) is 17.0. The first-order valence-corrected chi connectivity index (χ1v) is 8.50. The fourth-order valence-corrected chi connectivity index (χ4v) is 1.90. The number of hydrogen-bond donors (Lipinski definition) is 1. The Labute approximate surface area is 159 Å². The van der Waals surface area contributed by atoms with Gasteiger partial charge < -0.3 is 19.3 Å². The van der Waals surface area contributed by atoms with E-state index in [-0.39, 0.29) is 12.8 Å². The van der Waals surface area contributed by atoms with Crippen LogP contribution in [0.4, 0.5) is 14.0 Å². The number of esters is 1. The molecule has 0 aromatic heterocycles. The average molecular weight is 391 g/mol. The molecule has 0 rings (SSSR count). The summed E-state index contributed by atoms with van der Waals surface area (Å²) in [7, 11) is 1.10. The second-order valence-electron chi connectivity index (χ2n) is 7.76. The van der Waals surface area contributed by atoms with E-state index in [2.05, 4.69) is 4.74 Å². The Morgan fingerprint density at radius 1 is 1.04 bits per heavy atom. The summed E-state index contributed by atoms with van der Waals surface area (Å²) in [6, 6.07) is -1.39. The largest absolute Gasteiger partial charge is 0.467 e. The Morgan fingerprint density at radius 2 is 1.48 bits per heavy atom. The predicted octanol–water partition coefficient (Wildman–Crippen LogP) is 3.33. The summed E-state index contributed by atoms with van der Waals surface area (Å²) >= 11 is 0. The van der Waals surface area contributed by atoms with Crippen LogP contribution in [0, 0.1) is 0 Å². The fourth-order valence-electron chi connectivity index (χ4n) is 1.90. The van der Waals surface area contributed by atoms with E-state index >= 15 is 0 Å². The van der Waals surface area contributed by atoms with E-state index in [1.54, 1.807) is 41.5 Å². The number of nitrogens with zero attached hydrogens (tertiary/aromatic N) is 1.